The standard InChI is InChI=1S/C15H14BrFN2O/c16-12-8-11(17)6-7-14(12)19-15(20)9-13(18)10-4-2-1-3-5-10/h1-8,13H,9,18H2,(H,19,20). The summed E-state index contributed by atoms with van der Waals surface area (Å²) in [6.45, 7) is 0. The minimum atomic E-state index is -0.365. The van der Waals surface area contributed by atoms with Crippen LogP contribution in [-0.4, -0.2) is 5.91 Å². The molecule has 3 N–H and O–H groups in total. The van der Waals surface area contributed by atoms with Crippen LogP contribution >= 0.6 is 15.9 Å². The fraction of sp³-hybridized carbons (Fsp3) is 0.133. The van der Waals surface area contributed by atoms with Crippen molar-refractivity contribution in [1.29, 1.82) is 0 Å². The first kappa shape index (κ1) is 14.7. The smallest absolute Gasteiger partial charge is 0.226 e. The van der Waals surface area contributed by atoms with Gasteiger partial charge in [0, 0.05) is 16.9 Å². The number of hydrogen-bond acceptors (Lipinski definition) is 2. The molecule has 0 aliphatic carbocycles. The SMILES string of the molecule is NC(CC(=O)Nc1ccc(F)cc1Br)c1ccccc1. The molecular weight excluding hydrogens is 323 g/mol. The van der Waals surface area contributed by atoms with Gasteiger partial charge in [-0.25, -0.2) is 4.39 Å². The van der Waals surface area contributed by atoms with Crippen LogP contribution < -0.4 is 11.1 Å². The predicted octanol–water partition coefficient (Wildman–Crippen LogP) is 3.62. The Morgan fingerprint density at radius 3 is 2.60 bits per heavy atom. The molecule has 0 bridgehead atoms. The van der Waals surface area contributed by atoms with Gasteiger partial charge in [-0.1, -0.05) is 30.3 Å². The maximum absolute atomic E-state index is 13.0. The highest BCUT2D eigenvalue weighted by molar-refractivity contribution is 9.10. The monoisotopic (exact) mass is 336 g/mol. The van der Waals surface area contributed by atoms with Crippen molar-refractivity contribution in [2.75, 3.05) is 5.32 Å². The van der Waals surface area contributed by atoms with Gasteiger partial charge in [0.05, 0.1) is 5.69 Å². The number of rotatable bonds is 4. The lowest BCUT2D eigenvalue weighted by Crippen LogP contribution is -2.20. The molecule has 0 radical (unpaired) electrons. The number of nitrogens with one attached hydrogen (secondary N) is 1. The Morgan fingerprint density at radius 2 is 1.95 bits per heavy atom. The Kier molecular flexibility index (Phi) is 4.87. The summed E-state index contributed by atoms with van der Waals surface area (Å²) in [5.74, 6) is -0.579. The lowest BCUT2D eigenvalue weighted by atomic mass is 10.0. The molecule has 2 aromatic carbocycles. The van der Waals surface area contributed by atoms with Crippen LogP contribution in [0.2, 0.25) is 0 Å². The highest BCUT2D eigenvalue weighted by Crippen LogP contribution is 2.24. The van der Waals surface area contributed by atoms with E-state index >= 15 is 0 Å². The molecule has 1 unspecified atom stereocenters. The van der Waals surface area contributed by atoms with E-state index in [1.165, 1.54) is 18.2 Å². The Morgan fingerprint density at radius 1 is 1.25 bits per heavy atom. The zero-order valence-electron chi connectivity index (χ0n) is 10.6. The van der Waals surface area contributed by atoms with E-state index in [1.54, 1.807) is 0 Å². The van der Waals surface area contributed by atoms with E-state index in [2.05, 4.69) is 21.2 Å². The maximum Gasteiger partial charge on any atom is 0.226 e. The normalized spacial score (nSPS) is 11.9. The van der Waals surface area contributed by atoms with E-state index in [9.17, 15) is 9.18 Å². The summed E-state index contributed by atoms with van der Waals surface area (Å²) in [5, 5.41) is 2.71. The van der Waals surface area contributed by atoms with Gasteiger partial charge in [0.25, 0.3) is 0 Å². The van der Waals surface area contributed by atoms with Gasteiger partial charge >= 0.3 is 0 Å². The molecule has 2 rings (SSSR count). The Balaban J connectivity index is 1.99. The topological polar surface area (TPSA) is 55.1 Å². The largest absolute Gasteiger partial charge is 0.325 e. The first-order chi connectivity index (χ1) is 9.56. The molecule has 20 heavy (non-hydrogen) atoms. The van der Waals surface area contributed by atoms with Crippen molar-refractivity contribution in [3.63, 3.8) is 0 Å². The van der Waals surface area contributed by atoms with E-state index < -0.39 is 0 Å². The molecule has 1 atom stereocenters. The van der Waals surface area contributed by atoms with E-state index in [0.29, 0.717) is 10.2 Å². The molecule has 0 aromatic heterocycles. The van der Waals surface area contributed by atoms with Crippen molar-refractivity contribution in [2.24, 2.45) is 5.73 Å². The molecular formula is C15H14BrFN2O. The predicted molar refractivity (Wildman–Crippen MR) is 80.7 cm³/mol. The van der Waals surface area contributed by atoms with Gasteiger partial charge < -0.3 is 11.1 Å². The Hall–Kier alpha value is -1.72. The second-order valence-corrected chi connectivity index (χ2v) is 5.25. The highest BCUT2D eigenvalue weighted by atomic mass is 79.9. The molecule has 0 aliphatic heterocycles. The first-order valence-corrected chi connectivity index (χ1v) is 6.91. The van der Waals surface area contributed by atoms with Crippen LogP contribution in [0.25, 0.3) is 0 Å². The van der Waals surface area contributed by atoms with Gasteiger partial charge in [0.15, 0.2) is 0 Å². The van der Waals surface area contributed by atoms with Crippen LogP contribution in [0.15, 0.2) is 53.0 Å². The molecule has 5 heteroatoms. The second kappa shape index (κ2) is 6.63. The summed E-state index contributed by atoms with van der Waals surface area (Å²) < 4.78 is 13.5. The number of halogens is 2. The van der Waals surface area contributed by atoms with Crippen LogP contribution in [-0.2, 0) is 4.79 Å². The molecule has 0 aliphatic rings. The molecule has 104 valence electrons. The minimum Gasteiger partial charge on any atom is -0.325 e. The van der Waals surface area contributed by atoms with Crippen molar-refractivity contribution in [3.05, 3.63) is 64.4 Å². The van der Waals surface area contributed by atoms with Gasteiger partial charge in [-0.3, -0.25) is 4.79 Å². The van der Waals surface area contributed by atoms with Gasteiger partial charge in [-0.15, -0.1) is 0 Å². The molecule has 3 nitrogen and oxygen atoms in total. The van der Waals surface area contributed by atoms with E-state index in [4.69, 9.17) is 5.73 Å². The molecule has 0 spiro atoms. The second-order valence-electron chi connectivity index (χ2n) is 4.39. The Bertz CT molecular complexity index is 604. The summed E-state index contributed by atoms with van der Waals surface area (Å²) in [5.41, 5.74) is 7.41. The van der Waals surface area contributed by atoms with Crippen molar-refractivity contribution < 1.29 is 9.18 Å². The van der Waals surface area contributed by atoms with Crippen molar-refractivity contribution in [2.45, 2.75) is 12.5 Å². The summed E-state index contributed by atoms with van der Waals surface area (Å²) in [7, 11) is 0. The van der Waals surface area contributed by atoms with Crippen LogP contribution in [0.3, 0.4) is 0 Å². The lowest BCUT2D eigenvalue weighted by Gasteiger charge is -2.13. The van der Waals surface area contributed by atoms with Gasteiger partial charge in [-0.2, -0.15) is 0 Å². The fourth-order valence-electron chi connectivity index (χ4n) is 1.81. The summed E-state index contributed by atoms with van der Waals surface area (Å²) in [6.07, 6.45) is 0.161. The number of nitrogens with two attached hydrogens (primary N) is 1. The summed E-state index contributed by atoms with van der Waals surface area (Å²) in [4.78, 5) is 11.9. The first-order valence-electron chi connectivity index (χ1n) is 6.11. The van der Waals surface area contributed by atoms with Crippen molar-refractivity contribution in [1.82, 2.24) is 0 Å². The average Bonchev–Trinajstić information content (AvgIpc) is 2.43. The number of amides is 1. The summed E-state index contributed by atoms with van der Waals surface area (Å²) >= 11 is 3.20. The van der Waals surface area contributed by atoms with Crippen LogP contribution in [0.1, 0.15) is 18.0 Å². The van der Waals surface area contributed by atoms with E-state index in [1.807, 2.05) is 30.3 Å². The zero-order chi connectivity index (χ0) is 14.5. The number of carbonyl (C=O) groups is 1. The van der Waals surface area contributed by atoms with Gasteiger partial charge in [0.2, 0.25) is 5.91 Å². The number of benzene rings is 2. The molecule has 0 heterocycles. The lowest BCUT2D eigenvalue weighted by molar-refractivity contribution is -0.116. The number of hydrogen-bond donors (Lipinski definition) is 2. The molecule has 1 amide bonds. The molecule has 2 aromatic rings. The zero-order valence-corrected chi connectivity index (χ0v) is 12.2. The minimum absolute atomic E-state index is 0.161. The number of carbonyl (C=O) groups excluding carboxylic acids is 1. The van der Waals surface area contributed by atoms with Gasteiger partial charge in [0.1, 0.15) is 5.82 Å². The van der Waals surface area contributed by atoms with Crippen LogP contribution in [0.5, 0.6) is 0 Å². The third kappa shape index (κ3) is 3.88. The molecule has 0 fully saturated rings. The van der Waals surface area contributed by atoms with Crippen LogP contribution in [0, 0.1) is 5.82 Å². The third-order valence-electron chi connectivity index (χ3n) is 2.84. The molecule has 0 saturated heterocycles. The summed E-state index contributed by atoms with van der Waals surface area (Å²) in [6, 6.07) is 13.1. The fourth-order valence-corrected chi connectivity index (χ4v) is 2.26. The number of anilines is 1. The Labute approximate surface area is 125 Å². The average molecular weight is 337 g/mol. The highest BCUT2D eigenvalue weighted by Gasteiger charge is 2.12. The third-order valence-corrected chi connectivity index (χ3v) is 3.49. The van der Waals surface area contributed by atoms with Crippen molar-refractivity contribution >= 4 is 27.5 Å². The van der Waals surface area contributed by atoms with Gasteiger partial charge in [-0.05, 0) is 39.7 Å². The van der Waals surface area contributed by atoms with E-state index in [0.717, 1.165) is 5.56 Å². The van der Waals surface area contributed by atoms with Crippen molar-refractivity contribution in [3.8, 4) is 0 Å². The van der Waals surface area contributed by atoms with E-state index in [-0.39, 0.29) is 24.2 Å². The maximum atomic E-state index is 13.0. The van der Waals surface area contributed by atoms with Crippen LogP contribution in [0.4, 0.5) is 10.1 Å². The quantitative estimate of drug-likeness (QED) is 0.895. The molecule has 0 saturated carbocycles.